The van der Waals surface area contributed by atoms with Gasteiger partial charge >= 0.3 is 0 Å². The number of aromatic nitrogens is 7. The van der Waals surface area contributed by atoms with Crippen LogP contribution in [-0.2, 0) is 4.74 Å². The molecule has 2 fully saturated rings. The largest absolute Gasteiger partial charge is 0.388 e. The van der Waals surface area contributed by atoms with E-state index in [1.165, 1.54) is 17.5 Å². The van der Waals surface area contributed by atoms with Gasteiger partial charge in [-0.15, -0.1) is 0 Å². The Labute approximate surface area is 242 Å². The fraction of sp³-hybridized carbons (Fsp3) is 0.367. The van der Waals surface area contributed by atoms with Crippen molar-refractivity contribution in [2.24, 2.45) is 0 Å². The second-order valence-corrected chi connectivity index (χ2v) is 10.9. The molecule has 0 unspecified atom stereocenters. The van der Waals surface area contributed by atoms with Crippen molar-refractivity contribution in [3.05, 3.63) is 78.1 Å². The Morgan fingerprint density at radius 1 is 0.952 bits per heavy atom. The third-order valence-corrected chi connectivity index (χ3v) is 8.11. The Hall–Kier alpha value is -4.39. The van der Waals surface area contributed by atoms with Crippen LogP contribution in [0.2, 0.25) is 0 Å². The third kappa shape index (κ3) is 5.08. The second-order valence-electron chi connectivity index (χ2n) is 10.9. The zero-order valence-electron chi connectivity index (χ0n) is 23.0. The number of fused-ring (bicyclic) bond motifs is 1. The van der Waals surface area contributed by atoms with E-state index in [0.717, 1.165) is 25.7 Å². The van der Waals surface area contributed by atoms with Crippen LogP contribution >= 0.6 is 0 Å². The quantitative estimate of drug-likeness (QED) is 0.179. The molecule has 0 bridgehead atoms. The number of nitrogens with one attached hydrogen (secondary N) is 3. The van der Waals surface area contributed by atoms with Crippen LogP contribution in [0.25, 0.3) is 22.8 Å². The molecule has 4 heterocycles. The van der Waals surface area contributed by atoms with Crippen molar-refractivity contribution >= 4 is 22.9 Å². The van der Waals surface area contributed by atoms with Crippen LogP contribution in [-0.4, -0.2) is 76.3 Å². The zero-order chi connectivity index (χ0) is 28.5. The number of imidazole rings is 1. The minimum Gasteiger partial charge on any atom is -0.388 e. The molecule has 2 aliphatic rings. The molecule has 12 heteroatoms. The van der Waals surface area contributed by atoms with E-state index in [4.69, 9.17) is 19.7 Å². The van der Waals surface area contributed by atoms with Gasteiger partial charge in [-0.05, 0) is 24.0 Å². The molecule has 0 radical (unpaired) electrons. The highest BCUT2D eigenvalue weighted by Gasteiger charge is 2.39. The lowest BCUT2D eigenvalue weighted by Gasteiger charge is -2.21. The van der Waals surface area contributed by atoms with E-state index in [1.54, 1.807) is 4.57 Å². The summed E-state index contributed by atoms with van der Waals surface area (Å²) in [7, 11) is 0. The Morgan fingerprint density at radius 2 is 1.67 bits per heavy atom. The van der Waals surface area contributed by atoms with Crippen LogP contribution in [0.4, 0.5) is 11.8 Å². The van der Waals surface area contributed by atoms with Crippen LogP contribution < -0.4 is 10.6 Å². The lowest BCUT2D eigenvalue weighted by atomic mass is 9.91. The van der Waals surface area contributed by atoms with E-state index in [-0.39, 0.29) is 18.6 Å². The Kier molecular flexibility index (Phi) is 7.24. The number of aliphatic hydroxyl groups excluding tert-OH is 2. The third-order valence-electron chi connectivity index (χ3n) is 8.11. The predicted octanol–water partition coefficient (Wildman–Crippen LogP) is 3.46. The SMILES string of the molecule is O[C@H]1[C@H](n2c(-c3ncn[nH]3)nc3c(NCC(c4ccccc4)c4ccccc4)nc(NC4CCCC4)nc32)OC[C@@H]1O. The predicted molar refractivity (Wildman–Crippen MR) is 157 cm³/mol. The molecule has 3 aromatic heterocycles. The van der Waals surface area contributed by atoms with Gasteiger partial charge in [-0.1, -0.05) is 73.5 Å². The molecule has 5 N–H and O–H groups in total. The number of nitrogens with zero attached hydrogens (tertiary/aromatic N) is 6. The van der Waals surface area contributed by atoms with Gasteiger partial charge in [0.1, 0.15) is 18.5 Å². The summed E-state index contributed by atoms with van der Waals surface area (Å²) in [6, 6.07) is 21.0. The fourth-order valence-corrected chi connectivity index (χ4v) is 5.95. The summed E-state index contributed by atoms with van der Waals surface area (Å²) in [6.07, 6.45) is 2.67. The van der Waals surface area contributed by atoms with Gasteiger partial charge in [-0.3, -0.25) is 9.67 Å². The number of H-pyrrole nitrogens is 1. The fourth-order valence-electron chi connectivity index (χ4n) is 5.95. The summed E-state index contributed by atoms with van der Waals surface area (Å²) in [5.41, 5.74) is 3.30. The average Bonchev–Trinajstić information content (AvgIpc) is 3.84. The molecule has 216 valence electrons. The van der Waals surface area contributed by atoms with Crippen molar-refractivity contribution in [2.45, 2.75) is 56.1 Å². The van der Waals surface area contributed by atoms with Crippen LogP contribution in [0, 0.1) is 0 Å². The van der Waals surface area contributed by atoms with E-state index in [0.29, 0.717) is 41.1 Å². The van der Waals surface area contributed by atoms with Crippen LogP contribution in [0.3, 0.4) is 0 Å². The van der Waals surface area contributed by atoms with Crippen LogP contribution in [0.5, 0.6) is 0 Å². The summed E-state index contributed by atoms with van der Waals surface area (Å²) in [4.78, 5) is 19.0. The van der Waals surface area contributed by atoms with Gasteiger partial charge in [0, 0.05) is 18.5 Å². The van der Waals surface area contributed by atoms with Crippen molar-refractivity contribution in [3.63, 3.8) is 0 Å². The smallest absolute Gasteiger partial charge is 0.227 e. The van der Waals surface area contributed by atoms with E-state index in [1.807, 2.05) is 36.4 Å². The molecular formula is C30H33N9O3. The van der Waals surface area contributed by atoms with Gasteiger partial charge in [-0.25, -0.2) is 9.97 Å². The average molecular weight is 568 g/mol. The number of anilines is 2. The number of ether oxygens (including phenoxy) is 1. The normalized spacial score (nSPS) is 21.0. The lowest BCUT2D eigenvalue weighted by Crippen LogP contribution is -2.29. The van der Waals surface area contributed by atoms with E-state index in [2.05, 4.69) is 50.1 Å². The first-order chi connectivity index (χ1) is 20.7. The molecule has 1 aliphatic heterocycles. The number of aliphatic hydroxyl groups is 2. The van der Waals surface area contributed by atoms with Gasteiger partial charge in [-0.2, -0.15) is 15.1 Å². The van der Waals surface area contributed by atoms with Crippen molar-refractivity contribution < 1.29 is 14.9 Å². The lowest BCUT2D eigenvalue weighted by molar-refractivity contribution is -0.0153. The molecule has 5 aromatic rings. The van der Waals surface area contributed by atoms with E-state index in [9.17, 15) is 10.2 Å². The molecule has 1 aliphatic carbocycles. The first kappa shape index (κ1) is 26.5. The molecule has 7 rings (SSSR count). The number of hydrogen-bond acceptors (Lipinski definition) is 10. The molecule has 3 atom stereocenters. The molecule has 0 amide bonds. The molecule has 2 aromatic carbocycles. The van der Waals surface area contributed by atoms with Crippen LogP contribution in [0.15, 0.2) is 67.0 Å². The minimum absolute atomic E-state index is 0.0133. The number of aromatic amines is 1. The first-order valence-corrected chi connectivity index (χ1v) is 14.4. The van der Waals surface area contributed by atoms with Crippen molar-refractivity contribution in [1.82, 2.24) is 34.7 Å². The molecule has 1 saturated heterocycles. The highest BCUT2D eigenvalue weighted by molar-refractivity contribution is 5.87. The zero-order valence-corrected chi connectivity index (χ0v) is 23.0. The summed E-state index contributed by atoms with van der Waals surface area (Å²) >= 11 is 0. The Balaban J connectivity index is 1.34. The molecule has 1 saturated carbocycles. The van der Waals surface area contributed by atoms with Gasteiger partial charge in [0.15, 0.2) is 34.9 Å². The van der Waals surface area contributed by atoms with Crippen molar-refractivity contribution in [2.75, 3.05) is 23.8 Å². The monoisotopic (exact) mass is 567 g/mol. The van der Waals surface area contributed by atoms with Crippen molar-refractivity contribution in [3.8, 4) is 11.6 Å². The van der Waals surface area contributed by atoms with E-state index >= 15 is 0 Å². The van der Waals surface area contributed by atoms with Gasteiger partial charge in [0.05, 0.1) is 6.61 Å². The summed E-state index contributed by atoms with van der Waals surface area (Å²) < 4.78 is 7.53. The Bertz CT molecular complexity index is 1580. The highest BCUT2D eigenvalue weighted by Crippen LogP contribution is 2.36. The Morgan fingerprint density at radius 3 is 2.29 bits per heavy atom. The molecular weight excluding hydrogens is 534 g/mol. The van der Waals surface area contributed by atoms with Gasteiger partial charge in [0.25, 0.3) is 0 Å². The highest BCUT2D eigenvalue weighted by atomic mass is 16.5. The van der Waals surface area contributed by atoms with E-state index < -0.39 is 18.4 Å². The maximum Gasteiger partial charge on any atom is 0.227 e. The van der Waals surface area contributed by atoms with Gasteiger partial charge < -0.3 is 25.6 Å². The maximum atomic E-state index is 10.9. The minimum atomic E-state index is -1.18. The summed E-state index contributed by atoms with van der Waals surface area (Å²) in [6.45, 7) is 0.537. The summed E-state index contributed by atoms with van der Waals surface area (Å²) in [5.74, 6) is 1.82. The standard InChI is InChI=1S/C30H33N9O3/c40-22-16-42-29(24(22)41)39-27-23(35-28(39)26-32-17-33-38-26)25(36-30(37-27)34-20-13-7-8-14-20)31-15-21(18-9-3-1-4-10-18)19-11-5-2-6-12-19/h1-6,9-12,17,20-22,24,29,40-41H,7-8,13-16H2,(H,32,33,38)(H2,31,34,36,37)/t22-,24+,29+/m0/s1. The van der Waals surface area contributed by atoms with Gasteiger partial charge in [0.2, 0.25) is 5.95 Å². The molecule has 12 nitrogen and oxygen atoms in total. The summed E-state index contributed by atoms with van der Waals surface area (Å²) in [5, 5.41) is 35.1. The number of rotatable bonds is 9. The first-order valence-electron chi connectivity index (χ1n) is 14.4. The number of hydrogen-bond donors (Lipinski definition) is 5. The molecule has 0 spiro atoms. The second kappa shape index (κ2) is 11.5. The topological polar surface area (TPSA) is 159 Å². The van der Waals surface area contributed by atoms with Crippen molar-refractivity contribution in [1.29, 1.82) is 0 Å². The molecule has 42 heavy (non-hydrogen) atoms. The van der Waals surface area contributed by atoms with Crippen LogP contribution in [0.1, 0.15) is 49.0 Å². The number of benzene rings is 2. The maximum absolute atomic E-state index is 10.9.